The van der Waals surface area contributed by atoms with Crippen LogP contribution in [0.5, 0.6) is 0 Å². The fourth-order valence-corrected chi connectivity index (χ4v) is 2.32. The molecule has 3 N–H and O–H groups in total. The van der Waals surface area contributed by atoms with Crippen molar-refractivity contribution in [1.82, 2.24) is 0 Å². The zero-order chi connectivity index (χ0) is 14.0. The standard InChI is InChI=1S/C14H22N2O3/c1-14(2,3)19-13(17)16-12-7-6-11(18-12)9-4-5-10(15)8-9/h6-7,9-10H,4-5,8,15H2,1-3H3,(H,16,17). The van der Waals surface area contributed by atoms with Crippen LogP contribution in [-0.2, 0) is 4.74 Å². The van der Waals surface area contributed by atoms with Crippen molar-refractivity contribution in [2.24, 2.45) is 5.73 Å². The van der Waals surface area contributed by atoms with Gasteiger partial charge in [0.1, 0.15) is 11.4 Å². The summed E-state index contributed by atoms with van der Waals surface area (Å²) in [5.74, 6) is 1.67. The van der Waals surface area contributed by atoms with Crippen LogP contribution in [-0.4, -0.2) is 17.7 Å². The van der Waals surface area contributed by atoms with E-state index in [0.29, 0.717) is 11.8 Å². The van der Waals surface area contributed by atoms with Crippen LogP contribution in [0.2, 0.25) is 0 Å². The predicted molar refractivity (Wildman–Crippen MR) is 73.1 cm³/mol. The van der Waals surface area contributed by atoms with E-state index in [2.05, 4.69) is 5.32 Å². The maximum absolute atomic E-state index is 11.6. The number of nitrogens with two attached hydrogens (primary N) is 1. The molecule has 1 aromatic heterocycles. The molecule has 19 heavy (non-hydrogen) atoms. The van der Waals surface area contributed by atoms with Crippen molar-refractivity contribution >= 4 is 12.0 Å². The molecule has 2 rings (SSSR count). The summed E-state index contributed by atoms with van der Waals surface area (Å²) >= 11 is 0. The Morgan fingerprint density at radius 1 is 1.42 bits per heavy atom. The summed E-state index contributed by atoms with van der Waals surface area (Å²) in [7, 11) is 0. The number of nitrogens with one attached hydrogen (secondary N) is 1. The summed E-state index contributed by atoms with van der Waals surface area (Å²) in [6.45, 7) is 5.46. The Bertz CT molecular complexity index is 448. The lowest BCUT2D eigenvalue weighted by molar-refractivity contribution is 0.0632. The third-order valence-corrected chi connectivity index (χ3v) is 3.13. The second-order valence-corrected chi connectivity index (χ2v) is 6.10. The second kappa shape index (κ2) is 5.25. The van der Waals surface area contributed by atoms with Crippen LogP contribution in [0.4, 0.5) is 10.7 Å². The smallest absolute Gasteiger partial charge is 0.414 e. The van der Waals surface area contributed by atoms with E-state index < -0.39 is 11.7 Å². The van der Waals surface area contributed by atoms with Crippen molar-refractivity contribution in [3.8, 4) is 0 Å². The number of hydrogen-bond acceptors (Lipinski definition) is 4. The fraction of sp³-hybridized carbons (Fsp3) is 0.643. The maximum Gasteiger partial charge on any atom is 0.414 e. The van der Waals surface area contributed by atoms with Crippen LogP contribution in [0.25, 0.3) is 0 Å². The zero-order valence-corrected chi connectivity index (χ0v) is 11.7. The number of furan rings is 1. The normalized spacial score (nSPS) is 23.4. The molecule has 5 heteroatoms. The minimum Gasteiger partial charge on any atom is -0.445 e. The van der Waals surface area contributed by atoms with Crippen molar-refractivity contribution in [3.05, 3.63) is 17.9 Å². The fourth-order valence-electron chi connectivity index (χ4n) is 2.32. The van der Waals surface area contributed by atoms with Crippen molar-refractivity contribution in [2.45, 2.75) is 57.6 Å². The molecule has 0 aliphatic heterocycles. The summed E-state index contributed by atoms with van der Waals surface area (Å²) in [5, 5.41) is 2.59. The Hall–Kier alpha value is -1.49. The summed E-state index contributed by atoms with van der Waals surface area (Å²) in [6, 6.07) is 3.91. The quantitative estimate of drug-likeness (QED) is 0.861. The molecular formula is C14H22N2O3. The molecule has 2 unspecified atom stereocenters. The number of rotatable bonds is 2. The van der Waals surface area contributed by atoms with Crippen molar-refractivity contribution in [2.75, 3.05) is 5.32 Å². The van der Waals surface area contributed by atoms with Gasteiger partial charge in [0.05, 0.1) is 0 Å². The average Bonchev–Trinajstić information content (AvgIpc) is 2.83. The van der Waals surface area contributed by atoms with Crippen LogP contribution in [0.3, 0.4) is 0 Å². The minimum absolute atomic E-state index is 0.261. The Balaban J connectivity index is 1.92. The number of ether oxygens (including phenoxy) is 1. The number of amides is 1. The van der Waals surface area contributed by atoms with Crippen molar-refractivity contribution < 1.29 is 13.9 Å². The highest BCUT2D eigenvalue weighted by atomic mass is 16.6. The minimum atomic E-state index is -0.516. The molecule has 1 aliphatic rings. The van der Waals surface area contributed by atoms with Crippen LogP contribution < -0.4 is 11.1 Å². The molecule has 0 aromatic carbocycles. The first kappa shape index (κ1) is 13.9. The van der Waals surface area contributed by atoms with Gasteiger partial charge in [0.25, 0.3) is 0 Å². The van der Waals surface area contributed by atoms with Gasteiger partial charge in [-0.3, -0.25) is 5.32 Å². The molecular weight excluding hydrogens is 244 g/mol. The summed E-state index contributed by atoms with van der Waals surface area (Å²) < 4.78 is 10.8. The molecule has 1 amide bonds. The topological polar surface area (TPSA) is 77.5 Å². The Labute approximate surface area is 113 Å². The summed E-state index contributed by atoms with van der Waals surface area (Å²) in [5.41, 5.74) is 5.37. The number of carbonyl (C=O) groups is 1. The molecule has 0 saturated heterocycles. The van der Waals surface area contributed by atoms with Gasteiger partial charge in [-0.25, -0.2) is 4.79 Å². The van der Waals surface area contributed by atoms with Gasteiger partial charge in [0, 0.05) is 18.0 Å². The summed E-state index contributed by atoms with van der Waals surface area (Å²) in [4.78, 5) is 11.6. The van der Waals surface area contributed by atoms with E-state index >= 15 is 0 Å². The lowest BCUT2D eigenvalue weighted by Gasteiger charge is -2.19. The van der Waals surface area contributed by atoms with Crippen LogP contribution in [0.15, 0.2) is 16.5 Å². The van der Waals surface area contributed by atoms with Crippen molar-refractivity contribution in [1.29, 1.82) is 0 Å². The first-order chi connectivity index (χ1) is 8.83. The molecule has 1 saturated carbocycles. The Morgan fingerprint density at radius 3 is 2.74 bits per heavy atom. The molecule has 2 atom stereocenters. The SMILES string of the molecule is CC(C)(C)OC(=O)Nc1ccc(C2CCC(N)C2)o1. The highest BCUT2D eigenvalue weighted by Gasteiger charge is 2.26. The van der Waals surface area contributed by atoms with E-state index in [1.807, 2.05) is 26.8 Å². The third-order valence-electron chi connectivity index (χ3n) is 3.13. The highest BCUT2D eigenvalue weighted by Crippen LogP contribution is 2.35. The van der Waals surface area contributed by atoms with Gasteiger partial charge in [-0.05, 0) is 46.1 Å². The molecule has 106 valence electrons. The Morgan fingerprint density at radius 2 is 2.16 bits per heavy atom. The van der Waals surface area contributed by atoms with E-state index in [0.717, 1.165) is 25.0 Å². The first-order valence-corrected chi connectivity index (χ1v) is 6.69. The monoisotopic (exact) mass is 266 g/mol. The molecule has 1 aliphatic carbocycles. The van der Waals surface area contributed by atoms with E-state index in [-0.39, 0.29) is 6.04 Å². The average molecular weight is 266 g/mol. The van der Waals surface area contributed by atoms with Gasteiger partial charge in [-0.15, -0.1) is 0 Å². The predicted octanol–water partition coefficient (Wildman–Crippen LogP) is 3.22. The van der Waals surface area contributed by atoms with Crippen LogP contribution in [0, 0.1) is 0 Å². The maximum atomic E-state index is 11.6. The molecule has 1 heterocycles. The zero-order valence-electron chi connectivity index (χ0n) is 11.7. The highest BCUT2D eigenvalue weighted by molar-refractivity contribution is 5.83. The van der Waals surface area contributed by atoms with Gasteiger partial charge in [0.15, 0.2) is 0 Å². The molecule has 0 bridgehead atoms. The molecule has 5 nitrogen and oxygen atoms in total. The third kappa shape index (κ3) is 3.99. The Kier molecular flexibility index (Phi) is 3.85. The molecule has 0 radical (unpaired) electrons. The first-order valence-electron chi connectivity index (χ1n) is 6.69. The summed E-state index contributed by atoms with van der Waals surface area (Å²) in [6.07, 6.45) is 2.51. The molecule has 1 fully saturated rings. The van der Waals surface area contributed by atoms with Gasteiger partial charge in [-0.1, -0.05) is 0 Å². The lowest BCUT2D eigenvalue weighted by Crippen LogP contribution is -2.27. The van der Waals surface area contributed by atoms with Crippen LogP contribution in [0.1, 0.15) is 51.7 Å². The van der Waals surface area contributed by atoms with Crippen molar-refractivity contribution in [3.63, 3.8) is 0 Å². The molecule has 1 aromatic rings. The van der Waals surface area contributed by atoms with E-state index in [1.54, 1.807) is 6.07 Å². The number of carbonyl (C=O) groups excluding carboxylic acids is 1. The van der Waals surface area contributed by atoms with Gasteiger partial charge >= 0.3 is 6.09 Å². The van der Waals surface area contributed by atoms with Gasteiger partial charge in [-0.2, -0.15) is 0 Å². The van der Waals surface area contributed by atoms with E-state index in [9.17, 15) is 4.79 Å². The van der Waals surface area contributed by atoms with E-state index in [1.165, 1.54) is 0 Å². The number of hydrogen-bond donors (Lipinski definition) is 2. The van der Waals surface area contributed by atoms with Gasteiger partial charge in [0.2, 0.25) is 5.88 Å². The lowest BCUT2D eigenvalue weighted by atomic mass is 10.1. The van der Waals surface area contributed by atoms with Crippen LogP contribution >= 0.6 is 0 Å². The van der Waals surface area contributed by atoms with Gasteiger partial charge < -0.3 is 14.9 Å². The molecule has 0 spiro atoms. The second-order valence-electron chi connectivity index (χ2n) is 6.10. The number of anilines is 1. The largest absolute Gasteiger partial charge is 0.445 e. The van der Waals surface area contributed by atoms with E-state index in [4.69, 9.17) is 14.9 Å².